The molecular formula is C16H22F2N2. The zero-order valence-corrected chi connectivity index (χ0v) is 11.9. The lowest BCUT2D eigenvalue weighted by Crippen LogP contribution is -2.40. The lowest BCUT2D eigenvalue weighted by Gasteiger charge is -2.29. The van der Waals surface area contributed by atoms with Crippen molar-refractivity contribution >= 4 is 0 Å². The van der Waals surface area contributed by atoms with Gasteiger partial charge in [-0.05, 0) is 56.3 Å². The van der Waals surface area contributed by atoms with Gasteiger partial charge >= 0.3 is 0 Å². The summed E-state index contributed by atoms with van der Waals surface area (Å²) in [4.78, 5) is 2.36. The van der Waals surface area contributed by atoms with Crippen molar-refractivity contribution in [2.75, 3.05) is 13.1 Å². The Hall–Kier alpha value is -1.00. The molecule has 1 saturated carbocycles. The molecule has 0 bridgehead atoms. The van der Waals surface area contributed by atoms with E-state index in [1.807, 2.05) is 0 Å². The molecule has 0 radical (unpaired) electrons. The zero-order valence-electron chi connectivity index (χ0n) is 11.9. The summed E-state index contributed by atoms with van der Waals surface area (Å²) >= 11 is 0. The maximum Gasteiger partial charge on any atom is 0.126 e. The van der Waals surface area contributed by atoms with Crippen LogP contribution in [0.2, 0.25) is 0 Å². The second kappa shape index (κ2) is 5.78. The van der Waals surface area contributed by atoms with Crippen molar-refractivity contribution in [2.45, 2.75) is 44.8 Å². The van der Waals surface area contributed by atoms with Crippen molar-refractivity contribution in [3.05, 3.63) is 35.4 Å². The van der Waals surface area contributed by atoms with Crippen LogP contribution in [0.3, 0.4) is 0 Å². The molecule has 1 heterocycles. The Morgan fingerprint density at radius 3 is 2.50 bits per heavy atom. The molecule has 2 unspecified atom stereocenters. The number of benzene rings is 1. The van der Waals surface area contributed by atoms with Gasteiger partial charge in [-0.25, -0.2) is 8.78 Å². The Bertz CT molecular complexity index is 453. The first-order valence-corrected chi connectivity index (χ1v) is 7.54. The van der Waals surface area contributed by atoms with Gasteiger partial charge in [-0.1, -0.05) is 0 Å². The first-order valence-electron chi connectivity index (χ1n) is 7.54. The SMILES string of the molecule is CC1CCNC(C2CC2)CN1Cc1cc(F)cc(F)c1. The van der Waals surface area contributed by atoms with Gasteiger partial charge in [0.05, 0.1) is 0 Å². The van der Waals surface area contributed by atoms with Crippen molar-refractivity contribution < 1.29 is 8.78 Å². The fraction of sp³-hybridized carbons (Fsp3) is 0.625. The van der Waals surface area contributed by atoms with Crippen LogP contribution in [-0.4, -0.2) is 30.1 Å². The molecule has 0 aromatic heterocycles. The molecule has 3 rings (SSSR count). The van der Waals surface area contributed by atoms with Gasteiger partial charge < -0.3 is 5.32 Å². The largest absolute Gasteiger partial charge is 0.312 e. The molecule has 1 N–H and O–H groups in total. The summed E-state index contributed by atoms with van der Waals surface area (Å²) in [7, 11) is 0. The fourth-order valence-electron chi connectivity index (χ4n) is 3.13. The lowest BCUT2D eigenvalue weighted by molar-refractivity contribution is 0.190. The molecule has 2 aliphatic rings. The van der Waals surface area contributed by atoms with E-state index in [4.69, 9.17) is 0 Å². The average molecular weight is 280 g/mol. The van der Waals surface area contributed by atoms with Crippen molar-refractivity contribution in [2.24, 2.45) is 5.92 Å². The van der Waals surface area contributed by atoms with Crippen LogP contribution < -0.4 is 5.32 Å². The predicted octanol–water partition coefficient (Wildman–Crippen LogP) is 2.93. The summed E-state index contributed by atoms with van der Waals surface area (Å²) in [6.07, 6.45) is 3.71. The quantitative estimate of drug-likeness (QED) is 0.916. The topological polar surface area (TPSA) is 15.3 Å². The maximum atomic E-state index is 13.3. The highest BCUT2D eigenvalue weighted by molar-refractivity contribution is 5.18. The zero-order chi connectivity index (χ0) is 14.1. The third-order valence-corrected chi connectivity index (χ3v) is 4.52. The van der Waals surface area contributed by atoms with Crippen LogP contribution >= 0.6 is 0 Å². The Balaban J connectivity index is 1.72. The summed E-state index contributed by atoms with van der Waals surface area (Å²) in [6.45, 7) is 4.84. The number of nitrogens with one attached hydrogen (secondary N) is 1. The summed E-state index contributed by atoms with van der Waals surface area (Å²) < 4.78 is 26.6. The maximum absolute atomic E-state index is 13.3. The highest BCUT2D eigenvalue weighted by atomic mass is 19.1. The predicted molar refractivity (Wildman–Crippen MR) is 75.4 cm³/mol. The van der Waals surface area contributed by atoms with E-state index in [9.17, 15) is 8.78 Å². The Morgan fingerprint density at radius 2 is 1.85 bits per heavy atom. The van der Waals surface area contributed by atoms with Crippen molar-refractivity contribution in [3.63, 3.8) is 0 Å². The summed E-state index contributed by atoms with van der Waals surface area (Å²) in [5.41, 5.74) is 0.728. The van der Waals surface area contributed by atoms with E-state index in [-0.39, 0.29) is 0 Å². The number of rotatable bonds is 3. The summed E-state index contributed by atoms with van der Waals surface area (Å²) in [5, 5.41) is 3.62. The van der Waals surface area contributed by atoms with Crippen LogP contribution in [0.15, 0.2) is 18.2 Å². The monoisotopic (exact) mass is 280 g/mol. The third-order valence-electron chi connectivity index (χ3n) is 4.52. The van der Waals surface area contributed by atoms with Crippen LogP contribution in [0, 0.1) is 17.6 Å². The van der Waals surface area contributed by atoms with Gasteiger partial charge in [0.2, 0.25) is 0 Å². The number of halogens is 2. The summed E-state index contributed by atoms with van der Waals surface area (Å²) in [5.74, 6) is -0.175. The molecule has 1 aromatic rings. The van der Waals surface area contributed by atoms with Crippen LogP contribution in [0.1, 0.15) is 31.7 Å². The van der Waals surface area contributed by atoms with E-state index < -0.39 is 11.6 Å². The molecule has 0 spiro atoms. The van der Waals surface area contributed by atoms with E-state index in [1.54, 1.807) is 0 Å². The smallest absolute Gasteiger partial charge is 0.126 e. The summed E-state index contributed by atoms with van der Waals surface area (Å²) in [6, 6.07) is 4.81. The minimum absolute atomic E-state index is 0.442. The number of hydrogen-bond acceptors (Lipinski definition) is 2. The minimum atomic E-state index is -0.487. The van der Waals surface area contributed by atoms with E-state index >= 15 is 0 Å². The van der Waals surface area contributed by atoms with Gasteiger partial charge in [0.1, 0.15) is 11.6 Å². The van der Waals surface area contributed by atoms with E-state index in [2.05, 4.69) is 17.1 Å². The van der Waals surface area contributed by atoms with Crippen LogP contribution in [0.5, 0.6) is 0 Å². The Morgan fingerprint density at radius 1 is 1.15 bits per heavy atom. The molecule has 20 heavy (non-hydrogen) atoms. The van der Waals surface area contributed by atoms with Gasteiger partial charge in [0.25, 0.3) is 0 Å². The number of hydrogen-bond donors (Lipinski definition) is 1. The van der Waals surface area contributed by atoms with Crippen molar-refractivity contribution in [1.82, 2.24) is 10.2 Å². The molecule has 1 aromatic carbocycles. The van der Waals surface area contributed by atoms with Crippen LogP contribution in [-0.2, 0) is 6.54 Å². The van der Waals surface area contributed by atoms with Crippen molar-refractivity contribution in [1.29, 1.82) is 0 Å². The number of nitrogens with zero attached hydrogens (tertiary/aromatic N) is 1. The van der Waals surface area contributed by atoms with Gasteiger partial charge in [0.15, 0.2) is 0 Å². The standard InChI is InChI=1S/C16H22F2N2/c1-11-4-5-19-16(13-2-3-13)10-20(11)9-12-6-14(17)8-15(18)7-12/h6-8,11,13,16,19H,2-5,9-10H2,1H3. The van der Waals surface area contributed by atoms with Crippen LogP contribution in [0.4, 0.5) is 8.78 Å². The van der Waals surface area contributed by atoms with E-state index in [0.29, 0.717) is 18.6 Å². The van der Waals surface area contributed by atoms with E-state index in [1.165, 1.54) is 25.0 Å². The first-order chi connectivity index (χ1) is 9.61. The highest BCUT2D eigenvalue weighted by Gasteiger charge is 2.34. The molecule has 0 amide bonds. The van der Waals surface area contributed by atoms with Gasteiger partial charge in [-0.3, -0.25) is 4.90 Å². The van der Waals surface area contributed by atoms with Gasteiger partial charge in [0, 0.05) is 31.2 Å². The Kier molecular flexibility index (Phi) is 4.03. The normalized spacial score (nSPS) is 28.4. The molecular weight excluding hydrogens is 258 g/mol. The molecule has 2 atom stereocenters. The molecule has 2 fully saturated rings. The molecule has 1 aliphatic heterocycles. The van der Waals surface area contributed by atoms with Gasteiger partial charge in [-0.2, -0.15) is 0 Å². The molecule has 110 valence electrons. The van der Waals surface area contributed by atoms with Crippen LogP contribution in [0.25, 0.3) is 0 Å². The second-order valence-electron chi connectivity index (χ2n) is 6.24. The lowest BCUT2D eigenvalue weighted by atomic mass is 10.1. The molecule has 2 nitrogen and oxygen atoms in total. The van der Waals surface area contributed by atoms with Crippen molar-refractivity contribution in [3.8, 4) is 0 Å². The molecule has 1 aliphatic carbocycles. The Labute approximate surface area is 119 Å². The first kappa shape index (κ1) is 14.0. The molecule has 1 saturated heterocycles. The molecule has 4 heteroatoms. The van der Waals surface area contributed by atoms with Gasteiger partial charge in [-0.15, -0.1) is 0 Å². The highest BCUT2D eigenvalue weighted by Crippen LogP contribution is 2.34. The fourth-order valence-corrected chi connectivity index (χ4v) is 3.13. The third kappa shape index (κ3) is 3.36. The average Bonchev–Trinajstić information content (AvgIpc) is 3.18. The minimum Gasteiger partial charge on any atom is -0.312 e. The van der Waals surface area contributed by atoms with E-state index in [0.717, 1.165) is 37.1 Å². The second-order valence-corrected chi connectivity index (χ2v) is 6.24.